The highest BCUT2D eigenvalue weighted by molar-refractivity contribution is 5.83. The first-order chi connectivity index (χ1) is 10.2. The number of nitrogens with one attached hydrogen (secondary N) is 1. The average Bonchev–Trinajstić information content (AvgIpc) is 2.95. The Kier molecular flexibility index (Phi) is 8.87. The number of hydrogen-bond acceptors (Lipinski definition) is 2. The molecule has 0 aromatic heterocycles. The van der Waals surface area contributed by atoms with E-state index in [9.17, 15) is 9.59 Å². The number of aliphatic carboxylic acids is 1. The van der Waals surface area contributed by atoms with E-state index in [0.29, 0.717) is 19.5 Å². The van der Waals surface area contributed by atoms with Crippen molar-refractivity contribution in [2.75, 3.05) is 13.1 Å². The molecular formula is C16H30N2O3. The summed E-state index contributed by atoms with van der Waals surface area (Å²) in [6.07, 6.45) is 11.2. The quantitative estimate of drug-likeness (QED) is 0.607. The number of amides is 2. The molecule has 2 N–H and O–H groups in total. The van der Waals surface area contributed by atoms with Gasteiger partial charge < -0.3 is 15.3 Å². The van der Waals surface area contributed by atoms with Crippen LogP contribution in [0.1, 0.15) is 71.1 Å². The fraction of sp³-hybridized carbons (Fsp3) is 0.875. The zero-order valence-electron chi connectivity index (χ0n) is 13.3. The molecule has 5 heteroatoms. The van der Waals surface area contributed by atoms with Gasteiger partial charge in [0.05, 0.1) is 0 Å². The number of hydrogen-bond donors (Lipinski definition) is 2. The van der Waals surface area contributed by atoms with E-state index in [1.807, 2.05) is 0 Å². The normalized spacial score (nSPS) is 18.0. The van der Waals surface area contributed by atoms with Crippen molar-refractivity contribution < 1.29 is 14.7 Å². The predicted molar refractivity (Wildman–Crippen MR) is 83.4 cm³/mol. The zero-order chi connectivity index (χ0) is 15.5. The Hall–Kier alpha value is -1.26. The standard InChI is InChI=1S/C16H30N2O3/c1-2-3-4-5-6-7-8-9-12-17-16(21)18-13-10-11-14(18)15(19)20/h14H,2-13H2,1H3,(H,17,21)(H,19,20). The molecule has 0 aromatic carbocycles. The molecule has 0 saturated carbocycles. The molecule has 0 aromatic rings. The average molecular weight is 298 g/mol. The summed E-state index contributed by atoms with van der Waals surface area (Å²) in [6.45, 7) is 3.43. The van der Waals surface area contributed by atoms with Gasteiger partial charge in [0.2, 0.25) is 0 Å². The van der Waals surface area contributed by atoms with E-state index in [0.717, 1.165) is 19.3 Å². The van der Waals surface area contributed by atoms with Crippen LogP contribution in [0.4, 0.5) is 4.79 Å². The number of carboxylic acid groups (broad SMARTS) is 1. The fourth-order valence-electron chi connectivity index (χ4n) is 2.82. The van der Waals surface area contributed by atoms with Crippen LogP contribution < -0.4 is 5.32 Å². The smallest absolute Gasteiger partial charge is 0.326 e. The Balaban J connectivity index is 2.02. The minimum Gasteiger partial charge on any atom is -0.480 e. The molecule has 1 aliphatic heterocycles. The van der Waals surface area contributed by atoms with Crippen molar-refractivity contribution in [2.24, 2.45) is 0 Å². The van der Waals surface area contributed by atoms with Gasteiger partial charge in [0, 0.05) is 13.1 Å². The zero-order valence-corrected chi connectivity index (χ0v) is 13.3. The number of carbonyl (C=O) groups is 2. The molecule has 21 heavy (non-hydrogen) atoms. The Labute approximate surface area is 128 Å². The van der Waals surface area contributed by atoms with Crippen LogP contribution >= 0.6 is 0 Å². The number of unbranched alkanes of at least 4 members (excludes halogenated alkanes) is 7. The van der Waals surface area contributed by atoms with Crippen molar-refractivity contribution in [3.8, 4) is 0 Å². The van der Waals surface area contributed by atoms with E-state index in [2.05, 4.69) is 12.2 Å². The van der Waals surface area contributed by atoms with Crippen LogP contribution in [-0.2, 0) is 4.79 Å². The van der Waals surface area contributed by atoms with E-state index in [1.165, 1.54) is 43.4 Å². The first-order valence-electron chi connectivity index (χ1n) is 8.44. The van der Waals surface area contributed by atoms with Gasteiger partial charge in [-0.05, 0) is 19.3 Å². The summed E-state index contributed by atoms with van der Waals surface area (Å²) in [7, 11) is 0. The molecule has 0 radical (unpaired) electrons. The molecule has 1 rings (SSSR count). The summed E-state index contributed by atoms with van der Waals surface area (Å²) >= 11 is 0. The first-order valence-corrected chi connectivity index (χ1v) is 8.44. The maximum atomic E-state index is 11.9. The minimum absolute atomic E-state index is 0.220. The van der Waals surface area contributed by atoms with Crippen LogP contribution in [0.2, 0.25) is 0 Å². The van der Waals surface area contributed by atoms with Gasteiger partial charge in [-0.15, -0.1) is 0 Å². The summed E-state index contributed by atoms with van der Waals surface area (Å²) in [5.74, 6) is -0.894. The maximum Gasteiger partial charge on any atom is 0.326 e. The highest BCUT2D eigenvalue weighted by Gasteiger charge is 2.33. The summed E-state index contributed by atoms with van der Waals surface area (Å²) in [5, 5.41) is 11.9. The molecule has 0 spiro atoms. The van der Waals surface area contributed by atoms with Crippen molar-refractivity contribution in [3.05, 3.63) is 0 Å². The SMILES string of the molecule is CCCCCCCCCCNC(=O)N1CCCC1C(=O)O. The second kappa shape index (κ2) is 10.5. The lowest BCUT2D eigenvalue weighted by Gasteiger charge is -2.21. The van der Waals surface area contributed by atoms with Gasteiger partial charge in [0.15, 0.2) is 0 Å². The number of nitrogens with zero attached hydrogens (tertiary/aromatic N) is 1. The monoisotopic (exact) mass is 298 g/mol. The largest absolute Gasteiger partial charge is 0.480 e. The summed E-state index contributed by atoms with van der Waals surface area (Å²) < 4.78 is 0. The van der Waals surface area contributed by atoms with Crippen molar-refractivity contribution in [3.63, 3.8) is 0 Å². The Morgan fingerprint density at radius 1 is 1.10 bits per heavy atom. The van der Waals surface area contributed by atoms with Gasteiger partial charge in [0.25, 0.3) is 0 Å². The fourth-order valence-corrected chi connectivity index (χ4v) is 2.82. The topological polar surface area (TPSA) is 69.6 Å². The van der Waals surface area contributed by atoms with Crippen LogP contribution in [-0.4, -0.2) is 41.1 Å². The molecule has 122 valence electrons. The Morgan fingerprint density at radius 3 is 2.33 bits per heavy atom. The number of urea groups is 1. The number of rotatable bonds is 10. The van der Waals surface area contributed by atoms with Gasteiger partial charge in [-0.25, -0.2) is 9.59 Å². The molecule has 1 aliphatic rings. The predicted octanol–water partition coefficient (Wildman–Crippen LogP) is 3.39. The van der Waals surface area contributed by atoms with E-state index in [4.69, 9.17) is 5.11 Å². The molecule has 1 saturated heterocycles. The molecule has 0 aliphatic carbocycles. The van der Waals surface area contributed by atoms with Crippen molar-refractivity contribution in [1.82, 2.24) is 10.2 Å². The van der Waals surface area contributed by atoms with Gasteiger partial charge in [0.1, 0.15) is 6.04 Å². The first kappa shape index (κ1) is 17.8. The molecule has 5 nitrogen and oxygen atoms in total. The Morgan fingerprint density at radius 2 is 1.71 bits per heavy atom. The van der Waals surface area contributed by atoms with Gasteiger partial charge >= 0.3 is 12.0 Å². The third-order valence-corrected chi connectivity index (χ3v) is 4.11. The molecular weight excluding hydrogens is 268 g/mol. The van der Waals surface area contributed by atoms with Crippen LogP contribution in [0.3, 0.4) is 0 Å². The number of carboxylic acids is 1. The van der Waals surface area contributed by atoms with Gasteiger partial charge in [-0.3, -0.25) is 0 Å². The van der Waals surface area contributed by atoms with Crippen molar-refractivity contribution in [2.45, 2.75) is 77.2 Å². The third kappa shape index (κ3) is 6.82. The lowest BCUT2D eigenvalue weighted by atomic mass is 10.1. The number of carbonyl (C=O) groups excluding carboxylic acids is 1. The van der Waals surface area contributed by atoms with Crippen LogP contribution in [0.5, 0.6) is 0 Å². The second-order valence-corrected chi connectivity index (χ2v) is 5.90. The van der Waals surface area contributed by atoms with E-state index >= 15 is 0 Å². The molecule has 0 bridgehead atoms. The van der Waals surface area contributed by atoms with Crippen LogP contribution in [0.15, 0.2) is 0 Å². The third-order valence-electron chi connectivity index (χ3n) is 4.11. The van der Waals surface area contributed by atoms with E-state index in [-0.39, 0.29) is 6.03 Å². The second-order valence-electron chi connectivity index (χ2n) is 5.90. The molecule has 1 atom stereocenters. The number of likely N-dealkylation sites (tertiary alicyclic amines) is 1. The van der Waals surface area contributed by atoms with E-state index in [1.54, 1.807) is 0 Å². The lowest BCUT2D eigenvalue weighted by Crippen LogP contribution is -2.46. The van der Waals surface area contributed by atoms with Crippen LogP contribution in [0.25, 0.3) is 0 Å². The van der Waals surface area contributed by atoms with Crippen molar-refractivity contribution in [1.29, 1.82) is 0 Å². The summed E-state index contributed by atoms with van der Waals surface area (Å²) in [4.78, 5) is 24.4. The highest BCUT2D eigenvalue weighted by Crippen LogP contribution is 2.17. The summed E-state index contributed by atoms with van der Waals surface area (Å²) in [6, 6.07) is -0.855. The Bertz CT molecular complexity index is 321. The van der Waals surface area contributed by atoms with Crippen LogP contribution in [0, 0.1) is 0 Å². The minimum atomic E-state index is -0.894. The maximum absolute atomic E-state index is 11.9. The summed E-state index contributed by atoms with van der Waals surface area (Å²) in [5.41, 5.74) is 0. The van der Waals surface area contributed by atoms with Gasteiger partial charge in [-0.1, -0.05) is 51.9 Å². The lowest BCUT2D eigenvalue weighted by molar-refractivity contribution is -0.141. The molecule has 1 heterocycles. The van der Waals surface area contributed by atoms with Gasteiger partial charge in [-0.2, -0.15) is 0 Å². The molecule has 1 unspecified atom stereocenters. The molecule has 2 amide bonds. The van der Waals surface area contributed by atoms with E-state index < -0.39 is 12.0 Å². The molecule has 1 fully saturated rings. The van der Waals surface area contributed by atoms with Crippen molar-refractivity contribution >= 4 is 12.0 Å². The highest BCUT2D eigenvalue weighted by atomic mass is 16.4.